The minimum atomic E-state index is -3.71. The average Bonchev–Trinajstić information content (AvgIpc) is 3.28. The molecule has 1 heterocycles. The molecule has 1 fully saturated rings. The summed E-state index contributed by atoms with van der Waals surface area (Å²) in [5.41, 5.74) is 2.74. The van der Waals surface area contributed by atoms with Crippen LogP contribution in [0.25, 0.3) is 0 Å². The van der Waals surface area contributed by atoms with Crippen LogP contribution in [0.3, 0.4) is 0 Å². The number of amides is 1. The van der Waals surface area contributed by atoms with Gasteiger partial charge in [0.1, 0.15) is 0 Å². The quantitative estimate of drug-likeness (QED) is 0.740. The number of hydrogen-bond acceptors (Lipinski definition) is 4. The molecule has 4 rings (SSSR count). The van der Waals surface area contributed by atoms with Crippen LogP contribution < -0.4 is 10.0 Å². The molecule has 1 aliphatic carbocycles. The van der Waals surface area contributed by atoms with E-state index < -0.39 is 10.0 Å². The van der Waals surface area contributed by atoms with E-state index in [1.54, 1.807) is 12.1 Å². The topological polar surface area (TPSA) is 84.5 Å². The van der Waals surface area contributed by atoms with Crippen molar-refractivity contribution in [2.24, 2.45) is 5.92 Å². The van der Waals surface area contributed by atoms with Crippen molar-refractivity contribution in [1.82, 2.24) is 10.0 Å². The van der Waals surface area contributed by atoms with E-state index in [0.717, 1.165) is 31.2 Å². The third-order valence-corrected chi connectivity index (χ3v) is 7.47. The highest BCUT2D eigenvalue weighted by atomic mass is 32.2. The second kappa shape index (κ2) is 8.88. The van der Waals surface area contributed by atoms with Crippen LogP contribution in [-0.2, 0) is 21.2 Å². The number of rotatable bonds is 6. The third-order valence-electron chi connectivity index (χ3n) is 6.05. The number of carbonyl (C=O) groups excluding carboxylic acids is 1. The number of nitrogens with one attached hydrogen (secondary N) is 2. The molecular formula is C23H28N2O4S. The van der Waals surface area contributed by atoms with E-state index in [1.807, 2.05) is 12.1 Å². The van der Waals surface area contributed by atoms with Gasteiger partial charge in [-0.25, -0.2) is 13.1 Å². The molecule has 1 saturated heterocycles. The van der Waals surface area contributed by atoms with Gasteiger partial charge in [0.05, 0.1) is 17.0 Å². The van der Waals surface area contributed by atoms with Gasteiger partial charge >= 0.3 is 0 Å². The minimum absolute atomic E-state index is 0.0830. The predicted molar refractivity (Wildman–Crippen MR) is 115 cm³/mol. The van der Waals surface area contributed by atoms with Crippen LogP contribution in [0.4, 0.5) is 0 Å². The van der Waals surface area contributed by atoms with Gasteiger partial charge in [0, 0.05) is 18.7 Å². The summed E-state index contributed by atoms with van der Waals surface area (Å²) >= 11 is 0. The van der Waals surface area contributed by atoms with Crippen LogP contribution in [0.2, 0.25) is 0 Å². The Labute approximate surface area is 178 Å². The summed E-state index contributed by atoms with van der Waals surface area (Å²) in [4.78, 5) is 13.1. The van der Waals surface area contributed by atoms with Gasteiger partial charge < -0.3 is 10.1 Å². The number of ether oxygens (including phenoxy) is 1. The van der Waals surface area contributed by atoms with Gasteiger partial charge in [-0.2, -0.15) is 0 Å². The monoisotopic (exact) mass is 428 g/mol. The lowest BCUT2D eigenvalue weighted by Crippen LogP contribution is -2.35. The molecule has 0 aromatic heterocycles. The maximum atomic E-state index is 13.0. The molecule has 30 heavy (non-hydrogen) atoms. The van der Waals surface area contributed by atoms with Crippen molar-refractivity contribution in [2.75, 3.05) is 13.2 Å². The molecule has 160 valence electrons. The molecule has 2 aliphatic rings. The molecule has 2 aromatic carbocycles. The molecule has 6 nitrogen and oxygen atoms in total. The molecule has 0 unspecified atom stereocenters. The Morgan fingerprint density at radius 2 is 1.97 bits per heavy atom. The number of fused-ring (bicyclic) bond motifs is 1. The van der Waals surface area contributed by atoms with Crippen molar-refractivity contribution in [3.05, 3.63) is 65.2 Å². The zero-order valence-electron chi connectivity index (χ0n) is 17.1. The zero-order valence-corrected chi connectivity index (χ0v) is 18.0. The normalized spacial score (nSPS) is 23.7. The second-order valence-corrected chi connectivity index (χ2v) is 9.95. The summed E-state index contributed by atoms with van der Waals surface area (Å²) < 4.78 is 33.4. The molecule has 0 spiro atoms. The first-order chi connectivity index (χ1) is 14.4. The Bertz CT molecular complexity index is 1020. The van der Waals surface area contributed by atoms with E-state index >= 15 is 0 Å². The molecule has 3 atom stereocenters. The number of carbonyl (C=O) groups is 1. The van der Waals surface area contributed by atoms with E-state index in [0.29, 0.717) is 18.1 Å². The second-order valence-electron chi connectivity index (χ2n) is 8.18. The molecule has 0 radical (unpaired) electrons. The summed E-state index contributed by atoms with van der Waals surface area (Å²) in [5, 5.41) is 3.12. The molecule has 1 amide bonds. The van der Waals surface area contributed by atoms with Gasteiger partial charge in [-0.3, -0.25) is 4.79 Å². The van der Waals surface area contributed by atoms with Gasteiger partial charge in [-0.1, -0.05) is 37.3 Å². The average molecular weight is 429 g/mol. The summed E-state index contributed by atoms with van der Waals surface area (Å²) in [7, 11) is -3.71. The Kier molecular flexibility index (Phi) is 6.22. The van der Waals surface area contributed by atoms with E-state index in [4.69, 9.17) is 4.74 Å². The molecule has 2 aromatic rings. The first-order valence-electron chi connectivity index (χ1n) is 10.5. The van der Waals surface area contributed by atoms with Crippen LogP contribution in [-0.4, -0.2) is 33.6 Å². The van der Waals surface area contributed by atoms with E-state index in [9.17, 15) is 13.2 Å². The fraction of sp³-hybridized carbons (Fsp3) is 0.435. The minimum Gasteiger partial charge on any atom is -0.377 e. The Morgan fingerprint density at radius 1 is 1.13 bits per heavy atom. The fourth-order valence-electron chi connectivity index (χ4n) is 4.26. The van der Waals surface area contributed by atoms with E-state index in [-0.39, 0.29) is 29.5 Å². The van der Waals surface area contributed by atoms with Crippen LogP contribution in [0.1, 0.15) is 53.7 Å². The molecule has 1 aliphatic heterocycles. The summed E-state index contributed by atoms with van der Waals surface area (Å²) in [6.45, 7) is 3.05. The highest BCUT2D eigenvalue weighted by Crippen LogP contribution is 2.34. The summed E-state index contributed by atoms with van der Waals surface area (Å²) in [6, 6.07) is 14.3. The van der Waals surface area contributed by atoms with Gasteiger partial charge in [-0.15, -0.1) is 0 Å². The van der Waals surface area contributed by atoms with Crippen molar-refractivity contribution in [2.45, 2.75) is 49.6 Å². The lowest BCUT2D eigenvalue weighted by atomic mass is 9.80. The van der Waals surface area contributed by atoms with Crippen LogP contribution >= 0.6 is 0 Å². The van der Waals surface area contributed by atoms with Crippen molar-refractivity contribution in [3.63, 3.8) is 0 Å². The number of hydrogen-bond donors (Lipinski definition) is 2. The lowest BCUT2D eigenvalue weighted by Gasteiger charge is -2.32. The Balaban J connectivity index is 1.49. The largest absolute Gasteiger partial charge is 0.377 e. The highest BCUT2D eigenvalue weighted by Gasteiger charge is 2.28. The molecule has 0 bridgehead atoms. The number of sulfonamides is 1. The van der Waals surface area contributed by atoms with Crippen LogP contribution in [0.15, 0.2) is 53.4 Å². The smallest absolute Gasteiger partial charge is 0.251 e. The van der Waals surface area contributed by atoms with Gasteiger partial charge in [0.25, 0.3) is 5.91 Å². The molecule has 7 heteroatoms. The van der Waals surface area contributed by atoms with Gasteiger partial charge in [0.2, 0.25) is 10.0 Å². The van der Waals surface area contributed by atoms with Crippen LogP contribution in [0, 0.1) is 5.92 Å². The van der Waals surface area contributed by atoms with Crippen molar-refractivity contribution in [3.8, 4) is 0 Å². The van der Waals surface area contributed by atoms with Gasteiger partial charge in [0.15, 0.2) is 0 Å². The van der Waals surface area contributed by atoms with Crippen LogP contribution in [0.5, 0.6) is 0 Å². The maximum Gasteiger partial charge on any atom is 0.251 e. The third kappa shape index (κ3) is 4.58. The van der Waals surface area contributed by atoms with Crippen molar-refractivity contribution in [1.29, 1.82) is 0 Å². The van der Waals surface area contributed by atoms with Gasteiger partial charge in [-0.05, 0) is 60.9 Å². The first kappa shape index (κ1) is 21.0. The predicted octanol–water partition coefficient (Wildman–Crippen LogP) is 3.20. The van der Waals surface area contributed by atoms with E-state index in [2.05, 4.69) is 29.1 Å². The summed E-state index contributed by atoms with van der Waals surface area (Å²) in [5.74, 6) is 0.0450. The fourth-order valence-corrected chi connectivity index (χ4v) is 5.37. The first-order valence-corrected chi connectivity index (χ1v) is 12.0. The molecular weight excluding hydrogens is 400 g/mol. The molecule has 2 N–H and O–H groups in total. The van der Waals surface area contributed by atoms with Crippen molar-refractivity contribution >= 4 is 15.9 Å². The van der Waals surface area contributed by atoms with E-state index in [1.165, 1.54) is 17.7 Å². The van der Waals surface area contributed by atoms with Crippen molar-refractivity contribution < 1.29 is 17.9 Å². The number of aryl methyl sites for hydroxylation is 1. The Morgan fingerprint density at radius 3 is 2.77 bits per heavy atom. The zero-order chi connectivity index (χ0) is 21.1. The SMILES string of the molecule is C[C@@H]1CCc2ccccc2[C@@H]1NC(=O)c1cccc(S(=O)(=O)NC[C@@H]2CCCO2)c1. The number of benzene rings is 2. The highest BCUT2D eigenvalue weighted by molar-refractivity contribution is 7.89. The standard InChI is InChI=1S/C23H28N2O4S/c1-16-11-12-17-6-2-3-10-21(17)22(16)25-23(26)18-7-4-9-20(14-18)30(27,28)24-15-19-8-5-13-29-19/h2-4,6-7,9-10,14,16,19,22,24H,5,8,11-13,15H2,1H3,(H,25,26)/t16-,19+,22-/m1/s1. The lowest BCUT2D eigenvalue weighted by molar-refractivity contribution is 0.0919. The molecule has 0 saturated carbocycles. The summed E-state index contributed by atoms with van der Waals surface area (Å²) in [6.07, 6.45) is 3.73. The Hall–Kier alpha value is -2.22. The maximum absolute atomic E-state index is 13.0.